The maximum absolute atomic E-state index is 3.99. The third-order valence-electron chi connectivity index (χ3n) is 1.91. The molecule has 1 aromatic carbocycles. The lowest BCUT2D eigenvalue weighted by molar-refractivity contribution is 1.26. The third-order valence-corrected chi connectivity index (χ3v) is 2.92. The summed E-state index contributed by atoms with van der Waals surface area (Å²) >= 11 is 1.76. The van der Waals surface area contributed by atoms with Gasteiger partial charge in [0.1, 0.15) is 0 Å². The van der Waals surface area contributed by atoms with E-state index in [0.717, 1.165) is 0 Å². The summed E-state index contributed by atoms with van der Waals surface area (Å²) in [5, 5.41) is 0. The number of aryl methyl sites for hydroxylation is 1. The molecule has 0 atom stereocenters. The van der Waals surface area contributed by atoms with Crippen LogP contribution in [0.15, 0.2) is 58.6 Å². The van der Waals surface area contributed by atoms with Crippen LogP contribution in [0.25, 0.3) is 0 Å². The van der Waals surface area contributed by atoms with Crippen molar-refractivity contribution in [1.29, 1.82) is 0 Å². The molecule has 1 aromatic heterocycles. The fraction of sp³-hybridized carbons (Fsp3) is 0.214. The number of hydrogen-bond acceptors (Lipinski definition) is 2. The molecule has 0 aliphatic heterocycles. The van der Waals surface area contributed by atoms with Crippen LogP contribution in [0.2, 0.25) is 0 Å². The van der Waals surface area contributed by atoms with Gasteiger partial charge in [0.05, 0.1) is 0 Å². The Bertz CT molecular complexity index is 395. The molecule has 84 valence electrons. The molecule has 0 unspecified atom stereocenters. The molecule has 1 nitrogen and oxygen atoms in total. The molecule has 0 bridgehead atoms. The van der Waals surface area contributed by atoms with Gasteiger partial charge in [0.15, 0.2) is 0 Å². The Morgan fingerprint density at radius 3 is 1.88 bits per heavy atom. The van der Waals surface area contributed by atoms with Gasteiger partial charge in [-0.05, 0) is 31.2 Å². The first-order valence-corrected chi connectivity index (χ1v) is 6.31. The van der Waals surface area contributed by atoms with E-state index in [1.165, 1.54) is 15.4 Å². The van der Waals surface area contributed by atoms with Gasteiger partial charge < -0.3 is 0 Å². The van der Waals surface area contributed by atoms with Crippen LogP contribution in [0.4, 0.5) is 0 Å². The Labute approximate surface area is 102 Å². The smallest absolute Gasteiger partial charge is 0.0279 e. The third kappa shape index (κ3) is 4.07. The van der Waals surface area contributed by atoms with Gasteiger partial charge in [0, 0.05) is 22.2 Å². The highest BCUT2D eigenvalue weighted by molar-refractivity contribution is 7.99. The highest BCUT2D eigenvalue weighted by atomic mass is 32.2. The molecule has 0 aliphatic rings. The maximum Gasteiger partial charge on any atom is 0.0279 e. The minimum Gasteiger partial charge on any atom is -0.265 e. The standard InChI is InChI=1S/C12H11NS.C2H6/c1-10-2-4-11(5-3-10)14-12-6-8-13-9-7-12;1-2/h2-9H,1H3;1-2H3. The maximum atomic E-state index is 3.99. The zero-order valence-electron chi connectivity index (χ0n) is 9.97. The van der Waals surface area contributed by atoms with Gasteiger partial charge in [-0.2, -0.15) is 0 Å². The number of nitrogens with zero attached hydrogens (tertiary/aromatic N) is 1. The molecule has 0 saturated heterocycles. The second kappa shape index (κ2) is 7.07. The summed E-state index contributed by atoms with van der Waals surface area (Å²) in [5.74, 6) is 0. The first kappa shape index (κ1) is 12.8. The van der Waals surface area contributed by atoms with Crippen molar-refractivity contribution >= 4 is 11.8 Å². The SMILES string of the molecule is CC.Cc1ccc(Sc2ccncc2)cc1. The Morgan fingerprint density at radius 1 is 0.812 bits per heavy atom. The largest absolute Gasteiger partial charge is 0.265 e. The van der Waals surface area contributed by atoms with Gasteiger partial charge in [-0.15, -0.1) is 0 Å². The zero-order chi connectivity index (χ0) is 11.8. The van der Waals surface area contributed by atoms with Crippen molar-refractivity contribution in [1.82, 2.24) is 4.98 Å². The summed E-state index contributed by atoms with van der Waals surface area (Å²) in [6.07, 6.45) is 3.63. The van der Waals surface area contributed by atoms with Crippen LogP contribution in [0, 0.1) is 6.92 Å². The molecule has 2 rings (SSSR count). The first-order chi connectivity index (χ1) is 7.84. The fourth-order valence-corrected chi connectivity index (χ4v) is 1.95. The van der Waals surface area contributed by atoms with Crippen LogP contribution < -0.4 is 0 Å². The molecule has 0 fully saturated rings. The average Bonchev–Trinajstić information content (AvgIpc) is 2.36. The van der Waals surface area contributed by atoms with E-state index in [1.807, 2.05) is 38.4 Å². The van der Waals surface area contributed by atoms with Crippen LogP contribution in [0.5, 0.6) is 0 Å². The van der Waals surface area contributed by atoms with Crippen LogP contribution in [-0.4, -0.2) is 4.98 Å². The Balaban J connectivity index is 0.000000606. The van der Waals surface area contributed by atoms with Crippen molar-refractivity contribution in [2.45, 2.75) is 30.6 Å². The number of hydrogen-bond donors (Lipinski definition) is 0. The monoisotopic (exact) mass is 231 g/mol. The van der Waals surface area contributed by atoms with Gasteiger partial charge >= 0.3 is 0 Å². The molecule has 0 radical (unpaired) electrons. The van der Waals surface area contributed by atoms with Gasteiger partial charge in [-0.25, -0.2) is 0 Å². The van der Waals surface area contributed by atoms with E-state index < -0.39 is 0 Å². The topological polar surface area (TPSA) is 12.9 Å². The fourth-order valence-electron chi connectivity index (χ4n) is 1.15. The Morgan fingerprint density at radius 2 is 1.31 bits per heavy atom. The summed E-state index contributed by atoms with van der Waals surface area (Å²) < 4.78 is 0. The summed E-state index contributed by atoms with van der Waals surface area (Å²) in [6, 6.07) is 12.6. The lowest BCUT2D eigenvalue weighted by Gasteiger charge is -2.00. The highest BCUT2D eigenvalue weighted by Crippen LogP contribution is 2.26. The van der Waals surface area contributed by atoms with Crippen molar-refractivity contribution in [2.24, 2.45) is 0 Å². The van der Waals surface area contributed by atoms with Gasteiger partial charge in [0.2, 0.25) is 0 Å². The lowest BCUT2D eigenvalue weighted by Crippen LogP contribution is -1.75. The van der Waals surface area contributed by atoms with E-state index >= 15 is 0 Å². The molecule has 2 aromatic rings. The van der Waals surface area contributed by atoms with Crippen LogP contribution in [-0.2, 0) is 0 Å². The predicted molar refractivity (Wildman–Crippen MR) is 70.9 cm³/mol. The molecule has 2 heteroatoms. The Hall–Kier alpha value is -1.28. The molecule has 0 aliphatic carbocycles. The minimum atomic E-state index is 1.23. The second-order valence-electron chi connectivity index (χ2n) is 3.10. The second-order valence-corrected chi connectivity index (χ2v) is 4.24. The molecule has 1 heterocycles. The van der Waals surface area contributed by atoms with E-state index in [1.54, 1.807) is 11.8 Å². The molecule has 0 amide bonds. The molecular formula is C14H17NS. The van der Waals surface area contributed by atoms with E-state index in [4.69, 9.17) is 0 Å². The van der Waals surface area contributed by atoms with Crippen molar-refractivity contribution in [3.8, 4) is 0 Å². The van der Waals surface area contributed by atoms with E-state index in [0.29, 0.717) is 0 Å². The van der Waals surface area contributed by atoms with E-state index in [9.17, 15) is 0 Å². The van der Waals surface area contributed by atoms with Crippen molar-refractivity contribution < 1.29 is 0 Å². The summed E-state index contributed by atoms with van der Waals surface area (Å²) in [5.41, 5.74) is 1.30. The van der Waals surface area contributed by atoms with Crippen molar-refractivity contribution in [2.75, 3.05) is 0 Å². The van der Waals surface area contributed by atoms with Crippen molar-refractivity contribution in [3.05, 3.63) is 54.4 Å². The van der Waals surface area contributed by atoms with E-state index in [2.05, 4.69) is 36.2 Å². The summed E-state index contributed by atoms with van der Waals surface area (Å²) in [7, 11) is 0. The van der Waals surface area contributed by atoms with Crippen LogP contribution in [0.3, 0.4) is 0 Å². The zero-order valence-corrected chi connectivity index (χ0v) is 10.8. The molecule has 16 heavy (non-hydrogen) atoms. The number of rotatable bonds is 2. The predicted octanol–water partition coefficient (Wildman–Crippen LogP) is 4.57. The summed E-state index contributed by atoms with van der Waals surface area (Å²) in [6.45, 7) is 6.10. The number of benzene rings is 1. The minimum absolute atomic E-state index is 1.23. The number of pyridine rings is 1. The van der Waals surface area contributed by atoms with Crippen LogP contribution in [0.1, 0.15) is 19.4 Å². The molecule has 0 N–H and O–H groups in total. The number of aromatic nitrogens is 1. The molecular weight excluding hydrogens is 214 g/mol. The molecule has 0 spiro atoms. The van der Waals surface area contributed by atoms with Gasteiger partial charge in [0.25, 0.3) is 0 Å². The average molecular weight is 231 g/mol. The first-order valence-electron chi connectivity index (χ1n) is 5.49. The van der Waals surface area contributed by atoms with Gasteiger partial charge in [-0.1, -0.05) is 43.3 Å². The highest BCUT2D eigenvalue weighted by Gasteiger charge is 1.95. The van der Waals surface area contributed by atoms with E-state index in [-0.39, 0.29) is 0 Å². The summed E-state index contributed by atoms with van der Waals surface area (Å²) in [4.78, 5) is 6.48. The quantitative estimate of drug-likeness (QED) is 0.751. The van der Waals surface area contributed by atoms with Crippen molar-refractivity contribution in [3.63, 3.8) is 0 Å². The normalized spacial score (nSPS) is 9.19. The van der Waals surface area contributed by atoms with Gasteiger partial charge in [-0.3, -0.25) is 4.98 Å². The lowest BCUT2D eigenvalue weighted by atomic mass is 10.2. The Kier molecular flexibility index (Phi) is 5.65. The van der Waals surface area contributed by atoms with Crippen LogP contribution >= 0.6 is 11.8 Å². The molecule has 0 saturated carbocycles.